The zero-order chi connectivity index (χ0) is 12.0. The lowest BCUT2D eigenvalue weighted by atomic mass is 9.77. The molecule has 1 saturated carbocycles. The molecule has 0 saturated heterocycles. The summed E-state index contributed by atoms with van der Waals surface area (Å²) in [4.78, 5) is 0. The second-order valence-electron chi connectivity index (χ2n) is 5.73. The molecular formula is C14H30N2. The van der Waals surface area contributed by atoms with Gasteiger partial charge in [0.25, 0.3) is 0 Å². The fourth-order valence-electron chi connectivity index (χ4n) is 2.71. The van der Waals surface area contributed by atoms with E-state index in [-0.39, 0.29) is 5.54 Å². The maximum absolute atomic E-state index is 5.99. The fraction of sp³-hybridized carbons (Fsp3) is 1.00. The topological polar surface area (TPSA) is 38.0 Å². The van der Waals surface area contributed by atoms with E-state index in [2.05, 4.69) is 26.1 Å². The molecule has 2 nitrogen and oxygen atoms in total. The van der Waals surface area contributed by atoms with Gasteiger partial charge in [0.2, 0.25) is 0 Å². The van der Waals surface area contributed by atoms with Crippen LogP contribution in [0.5, 0.6) is 0 Å². The second-order valence-corrected chi connectivity index (χ2v) is 5.73. The van der Waals surface area contributed by atoms with E-state index < -0.39 is 0 Å². The Bertz CT molecular complexity index is 179. The first-order valence-corrected chi connectivity index (χ1v) is 7.11. The molecule has 0 aromatic heterocycles. The fourth-order valence-corrected chi connectivity index (χ4v) is 2.71. The number of hydrogen-bond acceptors (Lipinski definition) is 2. The third-order valence-electron chi connectivity index (χ3n) is 4.54. The number of nitrogens with one attached hydrogen (secondary N) is 1. The van der Waals surface area contributed by atoms with Crippen molar-refractivity contribution in [2.45, 2.75) is 64.8 Å². The maximum atomic E-state index is 5.99. The Balaban J connectivity index is 2.41. The maximum Gasteiger partial charge on any atom is 0.0304 e. The summed E-state index contributed by atoms with van der Waals surface area (Å²) in [5, 5.41) is 3.78. The van der Waals surface area contributed by atoms with Gasteiger partial charge >= 0.3 is 0 Å². The van der Waals surface area contributed by atoms with Crippen LogP contribution in [0.15, 0.2) is 0 Å². The van der Waals surface area contributed by atoms with Crippen LogP contribution in [0, 0.1) is 11.8 Å². The van der Waals surface area contributed by atoms with Crippen molar-refractivity contribution in [3.05, 3.63) is 0 Å². The Morgan fingerprint density at radius 1 is 1.25 bits per heavy atom. The van der Waals surface area contributed by atoms with Gasteiger partial charge in [-0.3, -0.25) is 0 Å². The molecule has 3 N–H and O–H groups in total. The highest BCUT2D eigenvalue weighted by atomic mass is 15.0. The van der Waals surface area contributed by atoms with Gasteiger partial charge in [0.15, 0.2) is 0 Å². The molecule has 1 fully saturated rings. The van der Waals surface area contributed by atoms with Crippen molar-refractivity contribution in [1.82, 2.24) is 5.32 Å². The van der Waals surface area contributed by atoms with Crippen molar-refractivity contribution in [2.75, 3.05) is 13.1 Å². The van der Waals surface area contributed by atoms with Gasteiger partial charge in [-0.25, -0.2) is 0 Å². The van der Waals surface area contributed by atoms with Gasteiger partial charge in [0.1, 0.15) is 0 Å². The monoisotopic (exact) mass is 226 g/mol. The van der Waals surface area contributed by atoms with Crippen LogP contribution in [0.1, 0.15) is 59.3 Å². The van der Waals surface area contributed by atoms with Crippen molar-refractivity contribution in [3.63, 3.8) is 0 Å². The lowest BCUT2D eigenvalue weighted by Gasteiger charge is -2.40. The van der Waals surface area contributed by atoms with Crippen LogP contribution in [0.2, 0.25) is 0 Å². The van der Waals surface area contributed by atoms with Crippen LogP contribution in [-0.4, -0.2) is 18.6 Å². The Morgan fingerprint density at radius 2 is 1.81 bits per heavy atom. The standard InChI is InChI=1S/C14H30N2/c1-4-13(5-2)10-16-14(11-15)8-6-12(3)7-9-14/h12-13,16H,4-11,15H2,1-3H3. The highest BCUT2D eigenvalue weighted by molar-refractivity contribution is 4.93. The minimum Gasteiger partial charge on any atom is -0.329 e. The van der Waals surface area contributed by atoms with E-state index in [1.807, 2.05) is 0 Å². The van der Waals surface area contributed by atoms with Crippen LogP contribution in [-0.2, 0) is 0 Å². The van der Waals surface area contributed by atoms with Crippen LogP contribution in [0.4, 0.5) is 0 Å². The molecule has 0 radical (unpaired) electrons. The van der Waals surface area contributed by atoms with E-state index in [0.29, 0.717) is 0 Å². The summed E-state index contributed by atoms with van der Waals surface area (Å²) >= 11 is 0. The number of nitrogens with two attached hydrogens (primary N) is 1. The average molecular weight is 226 g/mol. The number of hydrogen-bond donors (Lipinski definition) is 2. The third kappa shape index (κ3) is 3.74. The van der Waals surface area contributed by atoms with E-state index in [1.54, 1.807) is 0 Å². The molecule has 16 heavy (non-hydrogen) atoms. The van der Waals surface area contributed by atoms with Crippen LogP contribution in [0.3, 0.4) is 0 Å². The molecule has 2 heteroatoms. The van der Waals surface area contributed by atoms with Crippen molar-refractivity contribution >= 4 is 0 Å². The predicted octanol–water partition coefficient (Wildman–Crippen LogP) is 2.92. The average Bonchev–Trinajstić information content (AvgIpc) is 2.33. The highest BCUT2D eigenvalue weighted by Crippen LogP contribution is 2.31. The van der Waals surface area contributed by atoms with Crippen LogP contribution in [0.25, 0.3) is 0 Å². The zero-order valence-electron chi connectivity index (χ0n) is 11.4. The molecule has 1 aliphatic carbocycles. The second kappa shape index (κ2) is 6.61. The van der Waals surface area contributed by atoms with E-state index in [9.17, 15) is 0 Å². The largest absolute Gasteiger partial charge is 0.329 e. The van der Waals surface area contributed by atoms with E-state index in [0.717, 1.165) is 24.9 Å². The Labute approximate surface area is 101 Å². The van der Waals surface area contributed by atoms with E-state index in [4.69, 9.17) is 5.73 Å². The summed E-state index contributed by atoms with van der Waals surface area (Å²) < 4.78 is 0. The van der Waals surface area contributed by atoms with Crippen LogP contribution < -0.4 is 11.1 Å². The van der Waals surface area contributed by atoms with Gasteiger partial charge in [-0.15, -0.1) is 0 Å². The van der Waals surface area contributed by atoms with Crippen molar-refractivity contribution < 1.29 is 0 Å². The predicted molar refractivity (Wildman–Crippen MR) is 71.5 cm³/mol. The van der Waals surface area contributed by atoms with Gasteiger partial charge in [0, 0.05) is 12.1 Å². The first-order valence-electron chi connectivity index (χ1n) is 7.11. The summed E-state index contributed by atoms with van der Waals surface area (Å²) in [5.74, 6) is 1.72. The molecule has 0 unspecified atom stereocenters. The molecule has 0 atom stereocenters. The Kier molecular flexibility index (Phi) is 5.77. The van der Waals surface area contributed by atoms with Gasteiger partial charge in [-0.05, 0) is 44.1 Å². The van der Waals surface area contributed by atoms with E-state index in [1.165, 1.54) is 38.5 Å². The third-order valence-corrected chi connectivity index (χ3v) is 4.54. The summed E-state index contributed by atoms with van der Waals surface area (Å²) in [6.07, 6.45) is 7.77. The quantitative estimate of drug-likeness (QED) is 0.731. The molecule has 0 aromatic rings. The molecule has 0 bridgehead atoms. The summed E-state index contributed by atoms with van der Waals surface area (Å²) in [7, 11) is 0. The van der Waals surface area contributed by atoms with Gasteiger partial charge < -0.3 is 11.1 Å². The summed E-state index contributed by atoms with van der Waals surface area (Å²) in [6.45, 7) is 8.89. The smallest absolute Gasteiger partial charge is 0.0304 e. The lowest BCUT2D eigenvalue weighted by Crippen LogP contribution is -2.54. The van der Waals surface area contributed by atoms with Crippen molar-refractivity contribution in [1.29, 1.82) is 0 Å². The molecule has 0 aliphatic heterocycles. The van der Waals surface area contributed by atoms with Gasteiger partial charge in [-0.2, -0.15) is 0 Å². The summed E-state index contributed by atoms with van der Waals surface area (Å²) in [6, 6.07) is 0. The lowest BCUT2D eigenvalue weighted by molar-refractivity contribution is 0.191. The first-order chi connectivity index (χ1) is 7.65. The van der Waals surface area contributed by atoms with Crippen molar-refractivity contribution in [2.24, 2.45) is 17.6 Å². The minimum absolute atomic E-state index is 0.259. The minimum atomic E-state index is 0.259. The SMILES string of the molecule is CCC(CC)CNC1(CN)CCC(C)CC1. The number of rotatable bonds is 6. The zero-order valence-corrected chi connectivity index (χ0v) is 11.4. The van der Waals surface area contributed by atoms with Crippen molar-refractivity contribution in [3.8, 4) is 0 Å². The molecule has 0 heterocycles. The Hall–Kier alpha value is -0.0800. The summed E-state index contributed by atoms with van der Waals surface area (Å²) in [5.41, 5.74) is 6.25. The molecule has 96 valence electrons. The highest BCUT2D eigenvalue weighted by Gasteiger charge is 2.32. The van der Waals surface area contributed by atoms with Gasteiger partial charge in [-0.1, -0.05) is 33.6 Å². The Morgan fingerprint density at radius 3 is 2.25 bits per heavy atom. The van der Waals surface area contributed by atoms with Gasteiger partial charge in [0.05, 0.1) is 0 Å². The molecule has 1 rings (SSSR count). The molecule has 0 spiro atoms. The normalized spacial score (nSPS) is 30.9. The first kappa shape index (κ1) is 14.0. The molecular weight excluding hydrogens is 196 g/mol. The molecule has 1 aliphatic rings. The molecule has 0 amide bonds. The molecule has 0 aromatic carbocycles. The van der Waals surface area contributed by atoms with E-state index >= 15 is 0 Å². The van der Waals surface area contributed by atoms with Crippen LogP contribution >= 0.6 is 0 Å².